The minimum atomic E-state index is 0.926. The molecule has 0 aromatic rings. The molecule has 0 saturated carbocycles. The van der Waals surface area contributed by atoms with Crippen LogP contribution in [0.5, 0.6) is 0 Å². The first-order chi connectivity index (χ1) is 4.38. The van der Waals surface area contributed by atoms with E-state index in [0.29, 0.717) is 0 Å². The predicted molar refractivity (Wildman–Crippen MR) is 31.8 cm³/mol. The number of fused-ring (bicyclic) bond motifs is 1. The Bertz CT molecular complexity index is 283. The van der Waals surface area contributed by atoms with Crippen LogP contribution in [0.2, 0.25) is 1.41 Å². The average Bonchev–Trinajstić information content (AvgIpc) is 2.35. The van der Waals surface area contributed by atoms with E-state index in [1.165, 1.54) is 5.09 Å². The lowest BCUT2D eigenvalue weighted by Crippen LogP contribution is -1.62. The van der Waals surface area contributed by atoms with E-state index in [4.69, 9.17) is 1.41 Å². The summed E-state index contributed by atoms with van der Waals surface area (Å²) in [7, 11) is 0. The molecular formula is C6H6N2. The summed E-state index contributed by atoms with van der Waals surface area (Å²) >= 11 is 0. The number of nitrogens with one attached hydrogen (secondary N) is 2. The fourth-order valence-electron chi connectivity index (χ4n) is 0.820. The van der Waals surface area contributed by atoms with E-state index in [0.717, 1.165) is 11.3 Å². The fourth-order valence-corrected chi connectivity index (χ4v) is 0.820. The molecule has 2 aliphatic rings. The van der Waals surface area contributed by atoms with E-state index in [1.54, 1.807) is 0 Å². The molecule has 40 valence electrons. The third-order valence-electron chi connectivity index (χ3n) is 1.23. The van der Waals surface area contributed by atoms with Gasteiger partial charge in [-0.25, -0.2) is 0 Å². The summed E-state index contributed by atoms with van der Waals surface area (Å²) in [5.41, 5.74) is 2.01. The van der Waals surface area contributed by atoms with Gasteiger partial charge in [-0.05, 0) is 6.07 Å². The summed E-state index contributed by atoms with van der Waals surface area (Å²) in [5.74, 6) is 0. The molecule has 0 saturated heterocycles. The number of rotatable bonds is 0. The highest BCUT2D eigenvalue weighted by molar-refractivity contribution is 5.60. The molecule has 2 rings (SSSR count). The van der Waals surface area contributed by atoms with Gasteiger partial charge in [-0.3, -0.25) is 0 Å². The van der Waals surface area contributed by atoms with Gasteiger partial charge in [0.05, 0.1) is 5.69 Å². The minimum absolute atomic E-state index is 0.926. The Morgan fingerprint density at radius 2 is 2.50 bits per heavy atom. The van der Waals surface area contributed by atoms with Gasteiger partial charge in [0.25, 0.3) is 0 Å². The number of H-pyrrole nitrogens is 2. The van der Waals surface area contributed by atoms with E-state index in [1.807, 2.05) is 24.4 Å². The summed E-state index contributed by atoms with van der Waals surface area (Å²) in [6, 6.07) is 5.80. The molecule has 2 nitrogen and oxygen atoms in total. The Balaban J connectivity index is 2.79. The molecule has 2 heteroatoms. The van der Waals surface area contributed by atoms with Gasteiger partial charge >= 0.3 is 0 Å². The predicted octanol–water partition coefficient (Wildman–Crippen LogP) is 1.45. The average molecular weight is 107 g/mol. The molecule has 0 bridgehead atoms. The summed E-state index contributed by atoms with van der Waals surface area (Å²) in [6.45, 7) is 0. The van der Waals surface area contributed by atoms with Crippen LogP contribution in [0.25, 0.3) is 11.3 Å². The third-order valence-corrected chi connectivity index (χ3v) is 1.23. The Morgan fingerprint density at radius 1 is 1.50 bits per heavy atom. The lowest BCUT2D eigenvalue weighted by molar-refractivity contribution is 1.10. The topological polar surface area (TPSA) is 31.6 Å². The van der Waals surface area contributed by atoms with Crippen molar-refractivity contribution >= 4 is 0 Å². The van der Waals surface area contributed by atoms with E-state index in [9.17, 15) is 0 Å². The maximum absolute atomic E-state index is 7.22. The zero-order chi connectivity index (χ0) is 6.27. The van der Waals surface area contributed by atoms with Crippen molar-refractivity contribution in [2.45, 2.75) is 0 Å². The summed E-state index contributed by atoms with van der Waals surface area (Å²) in [4.78, 5) is 0. The van der Waals surface area contributed by atoms with Crippen LogP contribution in [0.4, 0.5) is 0 Å². The highest BCUT2D eigenvalue weighted by atomic mass is 15.1. The molecule has 2 N–H and O–H groups in total. The minimum Gasteiger partial charge on any atom is -0.307 e. The number of aromatic nitrogens is 2. The second kappa shape index (κ2) is 1.15. The molecule has 0 aromatic heterocycles. The third kappa shape index (κ3) is 0.320. The maximum atomic E-state index is 7.22. The van der Waals surface area contributed by atoms with Crippen molar-refractivity contribution in [2.24, 2.45) is 0 Å². The highest BCUT2D eigenvalue weighted by Gasteiger charge is 1.98. The van der Waals surface area contributed by atoms with Crippen LogP contribution >= 0.6 is 0 Å². The van der Waals surface area contributed by atoms with Gasteiger partial charge in [-0.1, -0.05) is 12.1 Å². The SMILES string of the molecule is [2H]n1[nH]cc2cccc1-2. The van der Waals surface area contributed by atoms with Crippen molar-refractivity contribution in [2.75, 3.05) is 0 Å². The second-order valence-corrected chi connectivity index (χ2v) is 1.75. The standard InChI is InChI=1S/C6H6N2/c1-2-5-4-7-8-6(5)3-1/h1-4,7-8H/i/hD. The molecule has 0 aromatic carbocycles. The maximum Gasteiger partial charge on any atom is 0.188 e. The molecule has 0 fully saturated rings. The first kappa shape index (κ1) is 2.97. The van der Waals surface area contributed by atoms with Crippen LogP contribution < -0.4 is 0 Å². The van der Waals surface area contributed by atoms with Crippen LogP contribution in [0.1, 0.15) is 0 Å². The highest BCUT2D eigenvalue weighted by Crippen LogP contribution is 2.17. The molecule has 0 atom stereocenters. The van der Waals surface area contributed by atoms with Crippen LogP contribution in [0.15, 0.2) is 24.4 Å². The first-order valence-corrected chi connectivity index (χ1v) is 2.52. The van der Waals surface area contributed by atoms with Gasteiger partial charge in [0.15, 0.2) is 1.41 Å². The molecule has 0 amide bonds. The Morgan fingerprint density at radius 3 is 3.38 bits per heavy atom. The van der Waals surface area contributed by atoms with Gasteiger partial charge in [0, 0.05) is 11.8 Å². The summed E-state index contributed by atoms with van der Waals surface area (Å²) < 4.78 is 7.22. The van der Waals surface area contributed by atoms with Gasteiger partial charge in [-0.2, -0.15) is 0 Å². The number of hydrogen-bond acceptors (Lipinski definition) is 0. The Hall–Kier alpha value is -1.18. The Labute approximate surface area is 48.3 Å². The normalized spacial score (nSPS) is 12.2. The molecule has 1 aliphatic heterocycles. The zero-order valence-electron chi connectivity index (χ0n) is 5.26. The van der Waals surface area contributed by atoms with E-state index >= 15 is 0 Å². The largest absolute Gasteiger partial charge is 0.307 e. The van der Waals surface area contributed by atoms with E-state index in [2.05, 4.69) is 5.10 Å². The van der Waals surface area contributed by atoms with Gasteiger partial charge in [0.2, 0.25) is 0 Å². The quantitative estimate of drug-likeness (QED) is 0.510. The number of hydrogen-bond donors (Lipinski definition) is 2. The Kier molecular flexibility index (Phi) is 0.429. The van der Waals surface area contributed by atoms with Crippen LogP contribution in [-0.2, 0) is 0 Å². The molecule has 1 heterocycles. The lowest BCUT2D eigenvalue weighted by Gasteiger charge is -1.77. The number of aromatic amines is 2. The molecular weight excluding hydrogens is 100 g/mol. The van der Waals surface area contributed by atoms with Crippen LogP contribution in [0, 0.1) is 0 Å². The van der Waals surface area contributed by atoms with Crippen molar-refractivity contribution in [3.63, 3.8) is 0 Å². The molecule has 0 unspecified atom stereocenters. The van der Waals surface area contributed by atoms with Crippen molar-refractivity contribution in [1.29, 1.82) is 0 Å². The van der Waals surface area contributed by atoms with E-state index < -0.39 is 0 Å². The van der Waals surface area contributed by atoms with Gasteiger partial charge in [-0.15, -0.1) is 0 Å². The van der Waals surface area contributed by atoms with Crippen LogP contribution in [0.3, 0.4) is 0 Å². The molecule has 8 heavy (non-hydrogen) atoms. The molecule has 1 aliphatic carbocycles. The fraction of sp³-hybridized carbons (Fsp3) is 0. The molecule has 0 radical (unpaired) electrons. The first-order valence-electron chi connectivity index (χ1n) is 2.97. The lowest BCUT2D eigenvalue weighted by atomic mass is 10.3. The van der Waals surface area contributed by atoms with Crippen molar-refractivity contribution in [1.82, 2.24) is 10.2 Å². The van der Waals surface area contributed by atoms with Gasteiger partial charge < -0.3 is 10.2 Å². The van der Waals surface area contributed by atoms with E-state index in [-0.39, 0.29) is 0 Å². The summed E-state index contributed by atoms with van der Waals surface area (Å²) in [6.07, 6.45) is 1.81. The van der Waals surface area contributed by atoms with Crippen molar-refractivity contribution < 1.29 is 1.41 Å². The van der Waals surface area contributed by atoms with Crippen LogP contribution in [-0.4, -0.2) is 10.2 Å². The van der Waals surface area contributed by atoms with Crippen molar-refractivity contribution in [3.8, 4) is 11.3 Å². The van der Waals surface area contributed by atoms with Gasteiger partial charge in [0.1, 0.15) is 0 Å². The van der Waals surface area contributed by atoms with Crippen molar-refractivity contribution in [3.05, 3.63) is 24.4 Å². The smallest absolute Gasteiger partial charge is 0.188 e. The zero-order valence-corrected chi connectivity index (χ0v) is 4.26. The summed E-state index contributed by atoms with van der Waals surface area (Å²) in [5, 5.41) is 3.99. The monoisotopic (exact) mass is 107 g/mol. The molecule has 0 spiro atoms. The second-order valence-electron chi connectivity index (χ2n) is 1.75.